The zero-order chi connectivity index (χ0) is 25.1. The summed E-state index contributed by atoms with van der Waals surface area (Å²) in [6.45, 7) is 0.668. The van der Waals surface area contributed by atoms with E-state index in [9.17, 15) is 9.90 Å². The first-order valence-corrected chi connectivity index (χ1v) is 11.7. The minimum absolute atomic E-state index is 0.200. The average Bonchev–Trinajstić information content (AvgIpc) is 2.93. The first-order valence-electron chi connectivity index (χ1n) is 11.7. The molecule has 36 heavy (non-hydrogen) atoms. The third-order valence-corrected chi connectivity index (χ3v) is 6.41. The number of hydrogen-bond donors (Lipinski definition) is 1. The third kappa shape index (κ3) is 4.83. The fourth-order valence-corrected chi connectivity index (χ4v) is 4.49. The van der Waals surface area contributed by atoms with Gasteiger partial charge in [-0.3, -0.25) is 0 Å². The van der Waals surface area contributed by atoms with Crippen molar-refractivity contribution >= 4 is 16.9 Å². The molecule has 0 spiro atoms. The molecule has 1 aliphatic rings. The van der Waals surface area contributed by atoms with Gasteiger partial charge in [0.25, 0.3) is 0 Å². The number of para-hydroxylation sites is 1. The zero-order valence-electron chi connectivity index (χ0n) is 20.1. The van der Waals surface area contributed by atoms with Crippen LogP contribution in [-0.4, -0.2) is 36.9 Å². The number of esters is 1. The van der Waals surface area contributed by atoms with E-state index in [4.69, 9.17) is 18.9 Å². The molecule has 4 aromatic rings. The number of aromatic nitrogens is 1. The van der Waals surface area contributed by atoms with Gasteiger partial charge in [-0.25, -0.2) is 9.78 Å². The van der Waals surface area contributed by atoms with Crippen molar-refractivity contribution in [2.75, 3.05) is 20.8 Å². The van der Waals surface area contributed by atoms with Crippen LogP contribution < -0.4 is 14.2 Å². The number of nitrogens with zero attached hydrogens (tertiary/aromatic N) is 1. The molecule has 2 unspecified atom stereocenters. The highest BCUT2D eigenvalue weighted by molar-refractivity contribution is 5.92. The number of aliphatic hydroxyl groups is 1. The van der Waals surface area contributed by atoms with Gasteiger partial charge in [0, 0.05) is 16.9 Å². The largest absolute Gasteiger partial charge is 0.496 e. The molecule has 7 nitrogen and oxygen atoms in total. The molecule has 2 heterocycles. The zero-order valence-corrected chi connectivity index (χ0v) is 20.1. The molecule has 3 aromatic carbocycles. The van der Waals surface area contributed by atoms with Crippen LogP contribution >= 0.6 is 0 Å². The normalized spacial score (nSPS) is 16.6. The molecule has 5 rings (SSSR count). The number of carbonyl (C=O) groups is 1. The van der Waals surface area contributed by atoms with E-state index < -0.39 is 12.1 Å². The second-order valence-electron chi connectivity index (χ2n) is 8.73. The lowest BCUT2D eigenvalue weighted by molar-refractivity contribution is 0.0504. The Morgan fingerprint density at radius 1 is 1.06 bits per heavy atom. The Morgan fingerprint density at radius 2 is 1.92 bits per heavy atom. The van der Waals surface area contributed by atoms with Gasteiger partial charge in [0.15, 0.2) is 0 Å². The Kier molecular flexibility index (Phi) is 6.73. The van der Waals surface area contributed by atoms with Crippen LogP contribution in [0.3, 0.4) is 0 Å². The molecule has 1 aromatic heterocycles. The summed E-state index contributed by atoms with van der Waals surface area (Å²) in [5.74, 6) is 1.04. The molecular formula is C29H27NO6. The summed E-state index contributed by atoms with van der Waals surface area (Å²) < 4.78 is 22.1. The number of rotatable bonds is 7. The molecule has 1 aliphatic heterocycles. The summed E-state index contributed by atoms with van der Waals surface area (Å²) in [7, 11) is 2.84. The first kappa shape index (κ1) is 23.6. The van der Waals surface area contributed by atoms with Crippen molar-refractivity contribution in [2.24, 2.45) is 5.92 Å². The van der Waals surface area contributed by atoms with Crippen LogP contribution in [0.15, 0.2) is 72.8 Å². The van der Waals surface area contributed by atoms with Gasteiger partial charge in [-0.05, 0) is 54.4 Å². The van der Waals surface area contributed by atoms with E-state index in [1.54, 1.807) is 12.1 Å². The van der Waals surface area contributed by atoms with E-state index in [1.807, 2.05) is 60.7 Å². The number of hydrogen-bond acceptors (Lipinski definition) is 7. The van der Waals surface area contributed by atoms with E-state index in [-0.39, 0.29) is 5.92 Å². The van der Waals surface area contributed by atoms with Crippen molar-refractivity contribution in [2.45, 2.75) is 19.1 Å². The molecule has 0 saturated heterocycles. The van der Waals surface area contributed by atoms with Crippen molar-refractivity contribution in [3.05, 3.63) is 95.2 Å². The Balaban J connectivity index is 1.30. The van der Waals surface area contributed by atoms with Crippen molar-refractivity contribution < 1.29 is 28.8 Å². The molecule has 0 saturated carbocycles. The SMILES string of the molecule is COC(=O)c1cc(CC2COc3ccc(OCc4ccc5ccccc5n4)cc3C2O)ccc1OC. The summed E-state index contributed by atoms with van der Waals surface area (Å²) in [6.07, 6.45) is -0.236. The number of ether oxygens (including phenoxy) is 4. The van der Waals surface area contributed by atoms with E-state index in [1.165, 1.54) is 14.2 Å². The molecular weight excluding hydrogens is 458 g/mol. The van der Waals surface area contributed by atoms with Gasteiger partial charge in [-0.15, -0.1) is 0 Å². The van der Waals surface area contributed by atoms with Crippen LogP contribution in [0, 0.1) is 5.92 Å². The molecule has 0 bridgehead atoms. The van der Waals surface area contributed by atoms with Gasteiger partial charge >= 0.3 is 5.97 Å². The van der Waals surface area contributed by atoms with E-state index >= 15 is 0 Å². The lowest BCUT2D eigenvalue weighted by atomic mass is 9.87. The summed E-state index contributed by atoms with van der Waals surface area (Å²) >= 11 is 0. The van der Waals surface area contributed by atoms with E-state index in [2.05, 4.69) is 4.98 Å². The second-order valence-corrected chi connectivity index (χ2v) is 8.73. The van der Waals surface area contributed by atoms with Crippen molar-refractivity contribution in [3.8, 4) is 17.2 Å². The smallest absolute Gasteiger partial charge is 0.341 e. The molecule has 1 N–H and O–H groups in total. The van der Waals surface area contributed by atoms with Gasteiger partial charge in [-0.1, -0.05) is 30.3 Å². The minimum atomic E-state index is -0.750. The lowest BCUT2D eigenvalue weighted by Crippen LogP contribution is -2.27. The Bertz CT molecular complexity index is 1400. The maximum Gasteiger partial charge on any atom is 0.341 e. The van der Waals surface area contributed by atoms with Gasteiger partial charge in [0.1, 0.15) is 29.4 Å². The molecule has 2 atom stereocenters. The highest BCUT2D eigenvalue weighted by Crippen LogP contribution is 2.39. The number of carbonyl (C=O) groups excluding carboxylic acids is 1. The Labute approximate surface area is 209 Å². The quantitative estimate of drug-likeness (QED) is 0.373. The molecule has 184 valence electrons. The maximum absolute atomic E-state index is 12.1. The van der Waals surface area contributed by atoms with Crippen LogP contribution in [-0.2, 0) is 17.8 Å². The predicted octanol–water partition coefficient (Wildman–Crippen LogP) is 4.89. The highest BCUT2D eigenvalue weighted by Gasteiger charge is 2.30. The molecule has 0 amide bonds. The first-order chi connectivity index (χ1) is 17.6. The number of aliphatic hydroxyl groups excluding tert-OH is 1. The average molecular weight is 486 g/mol. The van der Waals surface area contributed by atoms with Gasteiger partial charge in [-0.2, -0.15) is 0 Å². The molecule has 7 heteroatoms. The second kappa shape index (κ2) is 10.3. The lowest BCUT2D eigenvalue weighted by Gasteiger charge is -2.31. The van der Waals surface area contributed by atoms with Gasteiger partial charge in [0.2, 0.25) is 0 Å². The molecule has 0 radical (unpaired) electrons. The van der Waals surface area contributed by atoms with Crippen LogP contribution in [0.1, 0.15) is 33.3 Å². The Morgan fingerprint density at radius 3 is 2.75 bits per heavy atom. The third-order valence-electron chi connectivity index (χ3n) is 6.41. The molecule has 0 aliphatic carbocycles. The van der Waals surface area contributed by atoms with Crippen molar-refractivity contribution in [1.29, 1.82) is 0 Å². The van der Waals surface area contributed by atoms with Crippen LogP contribution in [0.5, 0.6) is 17.2 Å². The van der Waals surface area contributed by atoms with E-state index in [0.29, 0.717) is 48.0 Å². The monoisotopic (exact) mass is 485 g/mol. The maximum atomic E-state index is 12.1. The summed E-state index contributed by atoms with van der Waals surface area (Å²) in [5, 5.41) is 12.3. The minimum Gasteiger partial charge on any atom is -0.496 e. The fourth-order valence-electron chi connectivity index (χ4n) is 4.49. The van der Waals surface area contributed by atoms with Crippen LogP contribution in [0.25, 0.3) is 10.9 Å². The number of benzene rings is 3. The summed E-state index contributed by atoms with van der Waals surface area (Å²) in [6, 6.07) is 22.8. The fraction of sp³-hybridized carbons (Fsp3) is 0.241. The van der Waals surface area contributed by atoms with Gasteiger partial charge in [0.05, 0.1) is 38.1 Å². The van der Waals surface area contributed by atoms with E-state index in [0.717, 1.165) is 22.2 Å². The topological polar surface area (TPSA) is 87.1 Å². The number of methoxy groups -OCH3 is 2. The number of pyridine rings is 1. The highest BCUT2D eigenvalue weighted by atomic mass is 16.5. The predicted molar refractivity (Wildman–Crippen MR) is 134 cm³/mol. The number of fused-ring (bicyclic) bond motifs is 2. The standard InChI is InChI=1S/C29H27NO6/c1-33-26-11-7-18(14-24(26)29(32)34-2)13-20-16-36-27-12-10-22(15-23(27)28(20)31)35-17-21-9-8-19-5-3-4-6-25(19)30-21/h3-12,14-15,20,28,31H,13,16-17H2,1-2H3. The van der Waals surface area contributed by atoms with Gasteiger partial charge < -0.3 is 24.1 Å². The van der Waals surface area contributed by atoms with Crippen LogP contribution in [0.2, 0.25) is 0 Å². The van der Waals surface area contributed by atoms with Crippen molar-refractivity contribution in [3.63, 3.8) is 0 Å². The molecule has 0 fully saturated rings. The summed E-state index contributed by atoms with van der Waals surface area (Å²) in [4.78, 5) is 16.8. The Hall–Kier alpha value is -4.10. The van der Waals surface area contributed by atoms with Crippen molar-refractivity contribution in [1.82, 2.24) is 4.98 Å². The van der Waals surface area contributed by atoms with Crippen LogP contribution in [0.4, 0.5) is 0 Å². The summed E-state index contributed by atoms with van der Waals surface area (Å²) in [5.41, 5.74) is 3.65.